The molecule has 0 atom stereocenters. The monoisotopic (exact) mass is 414 g/mol. The number of halogens is 3. The standard InChI is InChI=1S/C18H17Cl3N2O3/c1-23(10-16(24)22-17-12(19)3-2-4-13(17)20)9-11-7-14(21)18-15(8-11)25-5-6-26-18/h2-4,7-8H,5-6,9-10H2,1H3,(H,22,24). The number of carbonyl (C=O) groups is 1. The van der Waals surface area contributed by atoms with Gasteiger partial charge in [0.25, 0.3) is 0 Å². The molecule has 0 radical (unpaired) electrons. The zero-order valence-electron chi connectivity index (χ0n) is 14.0. The van der Waals surface area contributed by atoms with Gasteiger partial charge in [0, 0.05) is 6.54 Å². The molecule has 2 aromatic carbocycles. The molecule has 0 saturated carbocycles. The van der Waals surface area contributed by atoms with Crippen molar-refractivity contribution in [2.75, 3.05) is 32.1 Å². The minimum atomic E-state index is -0.217. The van der Waals surface area contributed by atoms with Crippen LogP contribution in [0.3, 0.4) is 0 Å². The number of ether oxygens (including phenoxy) is 2. The van der Waals surface area contributed by atoms with Gasteiger partial charge in [0.2, 0.25) is 5.91 Å². The lowest BCUT2D eigenvalue weighted by molar-refractivity contribution is -0.117. The Morgan fingerprint density at radius 1 is 1.12 bits per heavy atom. The summed E-state index contributed by atoms with van der Waals surface area (Å²) in [5, 5.41) is 4.03. The van der Waals surface area contributed by atoms with E-state index in [-0.39, 0.29) is 12.5 Å². The summed E-state index contributed by atoms with van der Waals surface area (Å²) in [6.07, 6.45) is 0. The van der Waals surface area contributed by atoms with Crippen LogP contribution in [0, 0.1) is 0 Å². The molecule has 8 heteroatoms. The zero-order valence-corrected chi connectivity index (χ0v) is 16.3. The van der Waals surface area contributed by atoms with Gasteiger partial charge >= 0.3 is 0 Å². The van der Waals surface area contributed by atoms with E-state index in [2.05, 4.69) is 5.32 Å². The SMILES string of the molecule is CN(CC(=O)Nc1c(Cl)cccc1Cl)Cc1cc(Cl)c2c(c1)OCCO2. The summed E-state index contributed by atoms with van der Waals surface area (Å²) in [6, 6.07) is 8.75. The van der Waals surface area contributed by atoms with Gasteiger partial charge in [-0.05, 0) is 36.9 Å². The normalized spacial score (nSPS) is 13.0. The Kier molecular flexibility index (Phi) is 6.14. The molecule has 0 aliphatic carbocycles. The Balaban J connectivity index is 1.63. The van der Waals surface area contributed by atoms with Crippen LogP contribution in [0.5, 0.6) is 11.5 Å². The van der Waals surface area contributed by atoms with Gasteiger partial charge in [0.05, 0.1) is 27.3 Å². The van der Waals surface area contributed by atoms with E-state index in [1.165, 1.54) is 0 Å². The quantitative estimate of drug-likeness (QED) is 0.782. The first kappa shape index (κ1) is 19.1. The minimum Gasteiger partial charge on any atom is -0.486 e. The summed E-state index contributed by atoms with van der Waals surface area (Å²) >= 11 is 18.4. The first-order chi connectivity index (χ1) is 12.4. The van der Waals surface area contributed by atoms with Gasteiger partial charge in [-0.1, -0.05) is 40.9 Å². The summed E-state index contributed by atoms with van der Waals surface area (Å²) in [6.45, 7) is 1.65. The average molecular weight is 416 g/mol. The van der Waals surface area contributed by atoms with Gasteiger partial charge in [0.15, 0.2) is 11.5 Å². The summed E-state index contributed by atoms with van der Waals surface area (Å²) < 4.78 is 11.1. The topological polar surface area (TPSA) is 50.8 Å². The zero-order chi connectivity index (χ0) is 18.7. The predicted molar refractivity (Wildman–Crippen MR) is 104 cm³/mol. The van der Waals surface area contributed by atoms with Gasteiger partial charge < -0.3 is 14.8 Å². The van der Waals surface area contributed by atoms with Crippen molar-refractivity contribution < 1.29 is 14.3 Å². The number of carbonyl (C=O) groups excluding carboxylic acids is 1. The molecule has 0 unspecified atom stereocenters. The second-order valence-electron chi connectivity index (χ2n) is 5.92. The van der Waals surface area contributed by atoms with Crippen molar-refractivity contribution in [2.45, 2.75) is 6.54 Å². The van der Waals surface area contributed by atoms with Crippen molar-refractivity contribution in [3.63, 3.8) is 0 Å². The average Bonchev–Trinajstić information content (AvgIpc) is 2.58. The summed E-state index contributed by atoms with van der Waals surface area (Å²) in [7, 11) is 1.83. The Bertz CT molecular complexity index is 809. The lowest BCUT2D eigenvalue weighted by atomic mass is 10.2. The fourth-order valence-corrected chi connectivity index (χ4v) is 3.44. The van der Waals surface area contributed by atoms with E-state index in [9.17, 15) is 4.79 Å². The van der Waals surface area contributed by atoms with E-state index < -0.39 is 0 Å². The molecule has 5 nitrogen and oxygen atoms in total. The maximum absolute atomic E-state index is 12.3. The van der Waals surface area contributed by atoms with E-state index in [4.69, 9.17) is 44.3 Å². The second kappa shape index (κ2) is 8.35. The molecule has 138 valence electrons. The lowest BCUT2D eigenvalue weighted by Crippen LogP contribution is -2.30. The molecule has 0 bridgehead atoms. The van der Waals surface area contributed by atoms with Crippen molar-refractivity contribution in [3.8, 4) is 11.5 Å². The number of amides is 1. The minimum absolute atomic E-state index is 0.160. The number of para-hydroxylation sites is 1. The Morgan fingerprint density at radius 2 is 1.81 bits per heavy atom. The third-order valence-corrected chi connectivity index (χ3v) is 4.66. The van der Waals surface area contributed by atoms with E-state index in [1.54, 1.807) is 18.2 Å². The van der Waals surface area contributed by atoms with Gasteiger partial charge in [-0.3, -0.25) is 9.69 Å². The number of nitrogens with one attached hydrogen (secondary N) is 1. The molecule has 1 heterocycles. The summed E-state index contributed by atoms with van der Waals surface area (Å²) in [4.78, 5) is 14.1. The molecule has 2 aromatic rings. The van der Waals surface area contributed by atoms with E-state index in [0.29, 0.717) is 52.0 Å². The number of fused-ring (bicyclic) bond motifs is 1. The van der Waals surface area contributed by atoms with Crippen LogP contribution >= 0.6 is 34.8 Å². The van der Waals surface area contributed by atoms with Crippen LogP contribution in [-0.2, 0) is 11.3 Å². The molecule has 1 N–H and O–H groups in total. The van der Waals surface area contributed by atoms with E-state index in [1.807, 2.05) is 24.1 Å². The number of hydrogen-bond donors (Lipinski definition) is 1. The maximum Gasteiger partial charge on any atom is 0.238 e. The predicted octanol–water partition coefficient (Wildman–Crippen LogP) is 4.49. The molecule has 0 aromatic heterocycles. The molecular weight excluding hydrogens is 399 g/mol. The number of rotatable bonds is 5. The van der Waals surface area contributed by atoms with Crippen LogP contribution < -0.4 is 14.8 Å². The highest BCUT2D eigenvalue weighted by molar-refractivity contribution is 6.39. The Labute approximate surface area is 166 Å². The first-order valence-electron chi connectivity index (χ1n) is 7.94. The number of hydrogen-bond acceptors (Lipinski definition) is 4. The van der Waals surface area contributed by atoms with Crippen LogP contribution in [0.15, 0.2) is 30.3 Å². The lowest BCUT2D eigenvalue weighted by Gasteiger charge is -2.22. The molecule has 0 spiro atoms. The van der Waals surface area contributed by atoms with Crippen molar-refractivity contribution in [1.29, 1.82) is 0 Å². The van der Waals surface area contributed by atoms with E-state index in [0.717, 1.165) is 5.56 Å². The number of benzene rings is 2. The van der Waals surface area contributed by atoms with Crippen molar-refractivity contribution in [1.82, 2.24) is 4.90 Å². The van der Waals surface area contributed by atoms with Crippen molar-refractivity contribution in [3.05, 3.63) is 51.0 Å². The molecule has 3 rings (SSSR count). The van der Waals surface area contributed by atoms with Gasteiger partial charge in [0.1, 0.15) is 13.2 Å². The molecule has 1 aliphatic heterocycles. The smallest absolute Gasteiger partial charge is 0.238 e. The molecule has 1 amide bonds. The highest BCUT2D eigenvalue weighted by Crippen LogP contribution is 2.38. The van der Waals surface area contributed by atoms with Gasteiger partial charge in [-0.2, -0.15) is 0 Å². The van der Waals surface area contributed by atoms with Crippen molar-refractivity contribution in [2.24, 2.45) is 0 Å². The van der Waals surface area contributed by atoms with Crippen LogP contribution in [0.25, 0.3) is 0 Å². The maximum atomic E-state index is 12.3. The molecule has 26 heavy (non-hydrogen) atoms. The molecule has 0 fully saturated rings. The second-order valence-corrected chi connectivity index (χ2v) is 7.14. The summed E-state index contributed by atoms with van der Waals surface area (Å²) in [5.74, 6) is 0.973. The van der Waals surface area contributed by atoms with Crippen molar-refractivity contribution >= 4 is 46.4 Å². The fourth-order valence-electron chi connectivity index (χ4n) is 2.66. The number of nitrogens with zero attached hydrogens (tertiary/aromatic N) is 1. The largest absolute Gasteiger partial charge is 0.486 e. The van der Waals surface area contributed by atoms with Gasteiger partial charge in [-0.15, -0.1) is 0 Å². The first-order valence-corrected chi connectivity index (χ1v) is 9.08. The number of anilines is 1. The van der Waals surface area contributed by atoms with Crippen LogP contribution in [0.1, 0.15) is 5.56 Å². The molecule has 0 saturated heterocycles. The highest BCUT2D eigenvalue weighted by atomic mass is 35.5. The Morgan fingerprint density at radius 3 is 2.54 bits per heavy atom. The summed E-state index contributed by atoms with van der Waals surface area (Å²) in [5.41, 5.74) is 1.34. The highest BCUT2D eigenvalue weighted by Gasteiger charge is 2.18. The van der Waals surface area contributed by atoms with Gasteiger partial charge in [-0.25, -0.2) is 0 Å². The Hall–Kier alpha value is -1.66. The van der Waals surface area contributed by atoms with E-state index >= 15 is 0 Å². The third kappa shape index (κ3) is 4.54. The van der Waals surface area contributed by atoms with Crippen LogP contribution in [0.2, 0.25) is 15.1 Å². The molecule has 1 aliphatic rings. The number of likely N-dealkylation sites (N-methyl/N-ethyl adjacent to an activating group) is 1. The molecular formula is C18H17Cl3N2O3. The fraction of sp³-hybridized carbons (Fsp3) is 0.278. The third-order valence-electron chi connectivity index (χ3n) is 3.75. The van der Waals surface area contributed by atoms with Crippen LogP contribution in [0.4, 0.5) is 5.69 Å². The van der Waals surface area contributed by atoms with Crippen LogP contribution in [-0.4, -0.2) is 37.6 Å².